The summed E-state index contributed by atoms with van der Waals surface area (Å²) in [6, 6.07) is 2.19. The van der Waals surface area contributed by atoms with E-state index in [0.29, 0.717) is 0 Å². The van der Waals surface area contributed by atoms with E-state index in [1.54, 1.807) is 11.3 Å². The quantitative estimate of drug-likeness (QED) is 0.865. The van der Waals surface area contributed by atoms with Crippen molar-refractivity contribution in [3.8, 4) is 0 Å². The molecule has 1 heterocycles. The van der Waals surface area contributed by atoms with Crippen LogP contribution >= 0.6 is 11.3 Å². The van der Waals surface area contributed by atoms with Crippen LogP contribution in [0.4, 0.5) is 0 Å². The molecule has 1 aromatic rings. The first-order valence-corrected chi connectivity index (χ1v) is 8.07. The van der Waals surface area contributed by atoms with Crippen molar-refractivity contribution in [2.24, 2.45) is 16.7 Å². The molecule has 2 aliphatic rings. The molecule has 0 saturated heterocycles. The van der Waals surface area contributed by atoms with Gasteiger partial charge in [-0.15, -0.1) is 0 Å². The van der Waals surface area contributed by atoms with Crippen molar-refractivity contribution in [1.29, 1.82) is 0 Å². The van der Waals surface area contributed by atoms with Crippen molar-refractivity contribution >= 4 is 11.3 Å². The number of fused-ring (bicyclic) bond motifs is 2. The smallest absolute Gasteiger partial charge is 0.0757 e. The zero-order chi connectivity index (χ0) is 13.0. The first-order valence-electron chi connectivity index (χ1n) is 7.13. The number of hydrogen-bond acceptors (Lipinski definition) is 2. The topological polar surface area (TPSA) is 20.2 Å². The lowest BCUT2D eigenvalue weighted by Crippen LogP contribution is -2.54. The summed E-state index contributed by atoms with van der Waals surface area (Å²) in [5.41, 5.74) is 1.13. The van der Waals surface area contributed by atoms with Crippen LogP contribution in [-0.2, 0) is 6.42 Å². The van der Waals surface area contributed by atoms with Crippen LogP contribution in [0, 0.1) is 16.7 Å². The molecule has 3 rings (SSSR count). The Morgan fingerprint density at radius 3 is 2.72 bits per heavy atom. The lowest BCUT2D eigenvalue weighted by molar-refractivity contribution is -0.147. The maximum absolute atomic E-state index is 11.4. The first-order chi connectivity index (χ1) is 8.39. The van der Waals surface area contributed by atoms with Crippen molar-refractivity contribution in [2.75, 3.05) is 0 Å². The molecule has 2 fully saturated rings. The summed E-state index contributed by atoms with van der Waals surface area (Å²) in [6.07, 6.45) is 5.68. The van der Waals surface area contributed by atoms with Gasteiger partial charge < -0.3 is 5.11 Å². The Bertz CT molecular complexity index is 429. The van der Waals surface area contributed by atoms with Crippen molar-refractivity contribution in [2.45, 2.75) is 58.5 Å². The lowest BCUT2D eigenvalue weighted by atomic mass is 9.58. The average molecular weight is 264 g/mol. The van der Waals surface area contributed by atoms with E-state index < -0.39 is 5.60 Å². The van der Waals surface area contributed by atoms with Gasteiger partial charge in [0.1, 0.15) is 0 Å². The Morgan fingerprint density at radius 2 is 2.17 bits per heavy atom. The van der Waals surface area contributed by atoms with Crippen LogP contribution in [0.5, 0.6) is 0 Å². The molecule has 2 saturated carbocycles. The van der Waals surface area contributed by atoms with Crippen LogP contribution in [-0.4, -0.2) is 10.7 Å². The predicted molar refractivity (Wildman–Crippen MR) is 76.8 cm³/mol. The van der Waals surface area contributed by atoms with Gasteiger partial charge in [-0.05, 0) is 71.2 Å². The van der Waals surface area contributed by atoms with Crippen LogP contribution in [0.1, 0.15) is 52.0 Å². The van der Waals surface area contributed by atoms with E-state index in [-0.39, 0.29) is 10.8 Å². The fourth-order valence-corrected chi connectivity index (χ4v) is 5.44. The lowest BCUT2D eigenvalue weighted by Gasteiger charge is -2.51. The molecule has 0 amide bonds. The summed E-state index contributed by atoms with van der Waals surface area (Å²) in [7, 11) is 0. The minimum absolute atomic E-state index is 0.0794. The third kappa shape index (κ3) is 1.48. The van der Waals surface area contributed by atoms with Crippen molar-refractivity contribution in [1.82, 2.24) is 0 Å². The zero-order valence-electron chi connectivity index (χ0n) is 11.7. The van der Waals surface area contributed by atoms with Gasteiger partial charge in [-0.25, -0.2) is 0 Å². The molecule has 2 heteroatoms. The second-order valence-corrected chi connectivity index (χ2v) is 7.99. The molecule has 18 heavy (non-hydrogen) atoms. The van der Waals surface area contributed by atoms with E-state index in [1.807, 2.05) is 0 Å². The zero-order valence-corrected chi connectivity index (χ0v) is 12.5. The molecular formula is C16H24OS. The maximum Gasteiger partial charge on any atom is 0.0757 e. The fourth-order valence-electron chi connectivity index (χ4n) is 4.73. The van der Waals surface area contributed by atoms with Crippen molar-refractivity contribution in [3.05, 3.63) is 22.4 Å². The van der Waals surface area contributed by atoms with E-state index in [9.17, 15) is 5.11 Å². The second-order valence-electron chi connectivity index (χ2n) is 7.21. The highest BCUT2D eigenvalue weighted by molar-refractivity contribution is 7.07. The van der Waals surface area contributed by atoms with E-state index in [0.717, 1.165) is 18.8 Å². The molecule has 3 unspecified atom stereocenters. The third-order valence-corrected chi connectivity index (χ3v) is 6.91. The molecule has 0 aliphatic heterocycles. The molecule has 2 bridgehead atoms. The molecule has 100 valence electrons. The Balaban J connectivity index is 1.84. The predicted octanol–water partition coefficient (Wildman–Crippen LogP) is 4.26. The molecule has 0 aromatic carbocycles. The Morgan fingerprint density at radius 1 is 1.39 bits per heavy atom. The van der Waals surface area contributed by atoms with Gasteiger partial charge >= 0.3 is 0 Å². The fraction of sp³-hybridized carbons (Fsp3) is 0.750. The Hall–Kier alpha value is -0.340. The third-order valence-electron chi connectivity index (χ3n) is 6.18. The molecule has 0 spiro atoms. The summed E-state index contributed by atoms with van der Waals surface area (Å²) < 4.78 is 0. The second kappa shape index (κ2) is 3.83. The largest absolute Gasteiger partial charge is 0.389 e. The summed E-state index contributed by atoms with van der Waals surface area (Å²) in [6.45, 7) is 6.89. The van der Waals surface area contributed by atoms with E-state index in [2.05, 4.69) is 37.6 Å². The highest BCUT2D eigenvalue weighted by atomic mass is 32.1. The number of rotatable bonds is 3. The van der Waals surface area contributed by atoms with Crippen molar-refractivity contribution in [3.63, 3.8) is 0 Å². The van der Waals surface area contributed by atoms with Gasteiger partial charge in [0.15, 0.2) is 0 Å². The normalized spacial score (nSPS) is 41.4. The minimum atomic E-state index is -0.481. The molecule has 1 nitrogen and oxygen atoms in total. The van der Waals surface area contributed by atoms with Gasteiger partial charge in [0.2, 0.25) is 0 Å². The number of aliphatic hydroxyl groups is 1. The van der Waals surface area contributed by atoms with E-state index in [4.69, 9.17) is 0 Å². The maximum atomic E-state index is 11.4. The van der Waals surface area contributed by atoms with Crippen LogP contribution in [0.3, 0.4) is 0 Å². The Kier molecular flexibility index (Phi) is 2.70. The molecule has 1 aromatic heterocycles. The summed E-state index contributed by atoms with van der Waals surface area (Å²) in [5, 5.41) is 15.7. The summed E-state index contributed by atoms with van der Waals surface area (Å²) in [4.78, 5) is 0. The van der Waals surface area contributed by atoms with Gasteiger partial charge in [-0.3, -0.25) is 0 Å². The average Bonchev–Trinajstić information content (AvgIpc) is 2.97. The highest BCUT2D eigenvalue weighted by Crippen LogP contribution is 2.69. The standard InChI is InChI=1S/C16H24OS/c1-14(2)13-5-7-15(3,10-13)16(14,17)8-4-12-6-9-18-11-12/h6,9,11,13,17H,4-5,7-8,10H2,1-3H3. The van der Waals surface area contributed by atoms with E-state index >= 15 is 0 Å². The first kappa shape index (κ1) is 12.7. The number of thiophene rings is 1. The van der Waals surface area contributed by atoms with Crippen LogP contribution < -0.4 is 0 Å². The molecule has 1 N–H and O–H groups in total. The molecule has 2 aliphatic carbocycles. The van der Waals surface area contributed by atoms with Crippen LogP contribution in [0.2, 0.25) is 0 Å². The monoisotopic (exact) mass is 264 g/mol. The van der Waals surface area contributed by atoms with Gasteiger partial charge in [0.05, 0.1) is 5.60 Å². The van der Waals surface area contributed by atoms with Crippen LogP contribution in [0.15, 0.2) is 16.8 Å². The summed E-state index contributed by atoms with van der Waals surface area (Å²) >= 11 is 1.75. The van der Waals surface area contributed by atoms with Gasteiger partial charge in [-0.2, -0.15) is 11.3 Å². The van der Waals surface area contributed by atoms with Gasteiger partial charge in [0, 0.05) is 0 Å². The van der Waals surface area contributed by atoms with Gasteiger partial charge in [-0.1, -0.05) is 20.8 Å². The van der Waals surface area contributed by atoms with Crippen LogP contribution in [0.25, 0.3) is 0 Å². The molecule has 0 radical (unpaired) electrons. The van der Waals surface area contributed by atoms with Gasteiger partial charge in [0.25, 0.3) is 0 Å². The molecular weight excluding hydrogens is 240 g/mol. The number of hydrogen-bond donors (Lipinski definition) is 1. The highest BCUT2D eigenvalue weighted by Gasteiger charge is 2.67. The number of aryl methyl sites for hydroxylation is 1. The Labute approximate surface area is 114 Å². The van der Waals surface area contributed by atoms with Crippen molar-refractivity contribution < 1.29 is 5.11 Å². The minimum Gasteiger partial charge on any atom is -0.389 e. The summed E-state index contributed by atoms with van der Waals surface area (Å²) in [5.74, 6) is 0.718. The van der Waals surface area contributed by atoms with E-state index in [1.165, 1.54) is 24.8 Å². The SMILES string of the molecule is CC12CCC(C1)C(C)(C)C2(O)CCc1ccsc1. The molecule has 3 atom stereocenters.